The molecule has 0 amide bonds. The summed E-state index contributed by atoms with van der Waals surface area (Å²) in [6.07, 6.45) is 1.33. The van der Waals surface area contributed by atoms with Gasteiger partial charge in [0, 0.05) is 26.1 Å². The number of likely N-dealkylation sites (N-methyl/N-ethyl adjacent to an activating group) is 1. The normalized spacial score (nSPS) is 19.2. The van der Waals surface area contributed by atoms with Crippen molar-refractivity contribution in [2.45, 2.75) is 23.8 Å². The van der Waals surface area contributed by atoms with Gasteiger partial charge in [0.15, 0.2) is 5.82 Å². The molecular formula is C16H23N5O3S. The summed E-state index contributed by atoms with van der Waals surface area (Å²) in [6, 6.07) is 6.95. The third-order valence-electron chi connectivity index (χ3n) is 4.42. The van der Waals surface area contributed by atoms with Crippen LogP contribution in [-0.4, -0.2) is 57.2 Å². The highest BCUT2D eigenvalue weighted by atomic mass is 32.2. The molecule has 1 unspecified atom stereocenters. The molecule has 2 N–H and O–H groups in total. The molecule has 25 heavy (non-hydrogen) atoms. The Morgan fingerprint density at radius 2 is 2.08 bits per heavy atom. The fraction of sp³-hybridized carbons (Fsp3) is 0.500. The predicted molar refractivity (Wildman–Crippen MR) is 92.6 cm³/mol. The summed E-state index contributed by atoms with van der Waals surface area (Å²) in [7, 11) is 0.0585. The molecule has 0 bridgehead atoms. The van der Waals surface area contributed by atoms with Crippen molar-refractivity contribution < 1.29 is 12.9 Å². The average molecular weight is 365 g/mol. The van der Waals surface area contributed by atoms with Gasteiger partial charge >= 0.3 is 0 Å². The number of nitrogens with zero attached hydrogens (tertiary/aromatic N) is 3. The number of aromatic nitrogens is 2. The maximum Gasteiger partial charge on any atom is 0.240 e. The lowest BCUT2D eigenvalue weighted by atomic mass is 10.1. The first-order chi connectivity index (χ1) is 12.0. The summed E-state index contributed by atoms with van der Waals surface area (Å²) in [6.45, 7) is 2.74. The van der Waals surface area contributed by atoms with Crippen LogP contribution in [0.15, 0.2) is 33.7 Å². The molecule has 1 fully saturated rings. The molecule has 1 saturated heterocycles. The average Bonchev–Trinajstić information content (AvgIpc) is 3.09. The fourth-order valence-corrected chi connectivity index (χ4v) is 3.53. The highest BCUT2D eigenvalue weighted by Gasteiger charge is 2.25. The Labute approximate surface area is 147 Å². The predicted octanol–water partition coefficient (Wildman–Crippen LogP) is 0.339. The first-order valence-electron chi connectivity index (χ1n) is 8.25. The van der Waals surface area contributed by atoms with Crippen LogP contribution in [0.3, 0.4) is 0 Å². The van der Waals surface area contributed by atoms with Crippen LogP contribution in [0.4, 0.5) is 0 Å². The third kappa shape index (κ3) is 4.24. The monoisotopic (exact) mass is 365 g/mol. The quantitative estimate of drug-likeness (QED) is 0.761. The lowest BCUT2D eigenvalue weighted by Gasteiger charge is -2.30. The number of piperazine rings is 1. The van der Waals surface area contributed by atoms with Crippen molar-refractivity contribution in [3.8, 4) is 0 Å². The van der Waals surface area contributed by atoms with Gasteiger partial charge < -0.3 is 9.84 Å². The standard InChI is InChI=1S/C16H23N5O3S/c1-17-25(22,23)13-6-3-12(4-7-13)5-8-15-19-16(20-24-15)14-11-18-9-10-21(14)2/h3-4,6-7,14,17-18H,5,8-11H2,1-2H3. The molecule has 1 aromatic heterocycles. The van der Waals surface area contributed by atoms with E-state index < -0.39 is 10.0 Å². The molecular weight excluding hydrogens is 342 g/mol. The molecule has 2 aromatic rings. The molecule has 2 heterocycles. The molecule has 1 aliphatic heterocycles. The van der Waals surface area contributed by atoms with Gasteiger partial charge in [0.25, 0.3) is 0 Å². The first-order valence-corrected chi connectivity index (χ1v) is 9.74. The number of rotatable bonds is 6. The van der Waals surface area contributed by atoms with Crippen molar-refractivity contribution in [2.75, 3.05) is 33.7 Å². The van der Waals surface area contributed by atoms with Crippen LogP contribution >= 0.6 is 0 Å². The number of hydrogen-bond acceptors (Lipinski definition) is 7. The Kier molecular flexibility index (Phi) is 5.48. The summed E-state index contributed by atoms with van der Waals surface area (Å²) >= 11 is 0. The van der Waals surface area contributed by atoms with Gasteiger partial charge in [0.2, 0.25) is 15.9 Å². The van der Waals surface area contributed by atoms with Gasteiger partial charge in [-0.3, -0.25) is 4.90 Å². The number of hydrogen-bond donors (Lipinski definition) is 2. The third-order valence-corrected chi connectivity index (χ3v) is 5.85. The van der Waals surface area contributed by atoms with Gasteiger partial charge in [0.1, 0.15) is 0 Å². The molecule has 0 aliphatic carbocycles. The van der Waals surface area contributed by atoms with Crippen molar-refractivity contribution in [3.63, 3.8) is 0 Å². The van der Waals surface area contributed by atoms with E-state index in [1.807, 2.05) is 0 Å². The second-order valence-corrected chi connectivity index (χ2v) is 7.98. The van der Waals surface area contributed by atoms with Gasteiger partial charge in [-0.05, 0) is 38.2 Å². The van der Waals surface area contributed by atoms with E-state index in [0.29, 0.717) is 24.6 Å². The zero-order valence-electron chi connectivity index (χ0n) is 14.4. The fourth-order valence-electron chi connectivity index (χ4n) is 2.80. The molecule has 3 rings (SSSR count). The van der Waals surface area contributed by atoms with E-state index in [1.54, 1.807) is 24.3 Å². The van der Waals surface area contributed by atoms with Crippen LogP contribution in [-0.2, 0) is 22.9 Å². The second-order valence-electron chi connectivity index (χ2n) is 6.10. The van der Waals surface area contributed by atoms with Gasteiger partial charge in [-0.1, -0.05) is 17.3 Å². The summed E-state index contributed by atoms with van der Waals surface area (Å²) in [5, 5.41) is 7.44. The zero-order valence-corrected chi connectivity index (χ0v) is 15.2. The minimum Gasteiger partial charge on any atom is -0.339 e. The Balaban J connectivity index is 1.61. The minimum atomic E-state index is -3.40. The van der Waals surface area contributed by atoms with Crippen molar-refractivity contribution in [3.05, 3.63) is 41.5 Å². The molecule has 1 aliphatic rings. The van der Waals surface area contributed by atoms with E-state index >= 15 is 0 Å². The highest BCUT2D eigenvalue weighted by molar-refractivity contribution is 7.89. The maximum absolute atomic E-state index is 11.7. The van der Waals surface area contributed by atoms with E-state index in [-0.39, 0.29) is 10.9 Å². The van der Waals surface area contributed by atoms with Crippen LogP contribution < -0.4 is 10.0 Å². The Morgan fingerprint density at radius 3 is 2.76 bits per heavy atom. The van der Waals surface area contributed by atoms with Gasteiger partial charge in [-0.15, -0.1) is 0 Å². The van der Waals surface area contributed by atoms with E-state index in [1.165, 1.54) is 7.05 Å². The minimum absolute atomic E-state index is 0.136. The van der Waals surface area contributed by atoms with Gasteiger partial charge in [-0.25, -0.2) is 13.1 Å². The molecule has 8 nitrogen and oxygen atoms in total. The van der Waals surface area contributed by atoms with Crippen molar-refractivity contribution in [1.82, 2.24) is 25.1 Å². The molecule has 9 heteroatoms. The topological polar surface area (TPSA) is 100 Å². The van der Waals surface area contributed by atoms with Crippen LogP contribution in [0.2, 0.25) is 0 Å². The van der Waals surface area contributed by atoms with Gasteiger partial charge in [0.05, 0.1) is 10.9 Å². The van der Waals surface area contributed by atoms with Crippen molar-refractivity contribution in [1.29, 1.82) is 0 Å². The SMILES string of the molecule is CNS(=O)(=O)c1ccc(CCc2nc(C3CNCCN3C)no2)cc1. The lowest BCUT2D eigenvalue weighted by molar-refractivity contribution is 0.190. The summed E-state index contributed by atoms with van der Waals surface area (Å²) in [4.78, 5) is 6.97. The Hall–Kier alpha value is -1.81. The van der Waals surface area contributed by atoms with E-state index in [9.17, 15) is 8.42 Å². The van der Waals surface area contributed by atoms with Crippen molar-refractivity contribution in [2.24, 2.45) is 0 Å². The van der Waals surface area contributed by atoms with Crippen LogP contribution in [0.25, 0.3) is 0 Å². The van der Waals surface area contributed by atoms with Gasteiger partial charge in [-0.2, -0.15) is 4.98 Å². The van der Waals surface area contributed by atoms with E-state index in [0.717, 1.165) is 25.2 Å². The maximum atomic E-state index is 11.7. The number of nitrogens with one attached hydrogen (secondary N) is 2. The molecule has 0 spiro atoms. The van der Waals surface area contributed by atoms with E-state index in [4.69, 9.17) is 4.52 Å². The summed E-state index contributed by atoms with van der Waals surface area (Å²) in [5.41, 5.74) is 1.02. The zero-order chi connectivity index (χ0) is 17.9. The van der Waals surface area contributed by atoms with Crippen LogP contribution in [0.5, 0.6) is 0 Å². The summed E-state index contributed by atoms with van der Waals surface area (Å²) in [5.74, 6) is 1.31. The lowest BCUT2D eigenvalue weighted by Crippen LogP contribution is -2.44. The van der Waals surface area contributed by atoms with Crippen LogP contribution in [0, 0.1) is 0 Å². The Morgan fingerprint density at radius 1 is 1.32 bits per heavy atom. The number of aryl methyl sites for hydroxylation is 2. The molecule has 0 saturated carbocycles. The summed E-state index contributed by atoms with van der Waals surface area (Å²) < 4.78 is 31.1. The van der Waals surface area contributed by atoms with Crippen LogP contribution in [0.1, 0.15) is 23.3 Å². The Bertz CT molecular complexity index is 803. The second kappa shape index (κ2) is 7.61. The van der Waals surface area contributed by atoms with Crippen molar-refractivity contribution >= 4 is 10.0 Å². The smallest absolute Gasteiger partial charge is 0.240 e. The number of sulfonamides is 1. The molecule has 1 atom stereocenters. The van der Waals surface area contributed by atoms with E-state index in [2.05, 4.69) is 32.1 Å². The molecule has 0 radical (unpaired) electrons. The highest BCUT2D eigenvalue weighted by Crippen LogP contribution is 2.18. The first kappa shape index (κ1) is 18.0. The molecule has 136 valence electrons. The largest absolute Gasteiger partial charge is 0.339 e. The number of benzene rings is 1. The molecule has 1 aromatic carbocycles.